The summed E-state index contributed by atoms with van der Waals surface area (Å²) in [6.45, 7) is 0.762. The Morgan fingerprint density at radius 1 is 1.20 bits per heavy atom. The molecule has 15 heavy (non-hydrogen) atoms. The van der Waals surface area contributed by atoms with Crippen LogP contribution in [0.5, 0.6) is 0 Å². The molecule has 0 radical (unpaired) electrons. The van der Waals surface area contributed by atoms with E-state index < -0.39 is 0 Å². The van der Waals surface area contributed by atoms with Gasteiger partial charge in [0.15, 0.2) is 0 Å². The molecular weight excluding hydrogens is 204 g/mol. The summed E-state index contributed by atoms with van der Waals surface area (Å²) < 4.78 is 0. The fraction of sp³-hybridized carbons (Fsp3) is 0.500. The van der Waals surface area contributed by atoms with Gasteiger partial charge in [-0.1, -0.05) is 18.6 Å². The molecule has 0 bridgehead atoms. The van der Waals surface area contributed by atoms with Crippen LogP contribution in [0.4, 0.5) is 0 Å². The van der Waals surface area contributed by atoms with Crippen LogP contribution in [0.1, 0.15) is 30.9 Å². The van der Waals surface area contributed by atoms with Crippen LogP contribution in [0.3, 0.4) is 0 Å². The number of unbranched alkanes of at least 4 members (excludes halogenated alkanes) is 1. The Morgan fingerprint density at radius 3 is 2.40 bits per heavy atom. The van der Waals surface area contributed by atoms with Crippen molar-refractivity contribution in [2.75, 3.05) is 12.8 Å². The molecule has 0 saturated heterocycles. The molecule has 1 rings (SSSR count). The van der Waals surface area contributed by atoms with Gasteiger partial charge in [0.1, 0.15) is 0 Å². The highest BCUT2D eigenvalue weighted by Crippen LogP contribution is 2.20. The lowest BCUT2D eigenvalue weighted by molar-refractivity contribution is 0.591. The van der Waals surface area contributed by atoms with E-state index >= 15 is 0 Å². The molecule has 4 N–H and O–H groups in total. The normalized spacial score (nSPS) is 12.7. The lowest BCUT2D eigenvalue weighted by Gasteiger charge is -2.11. The molecule has 0 spiro atoms. The summed E-state index contributed by atoms with van der Waals surface area (Å²) in [6.07, 6.45) is 5.28. The maximum absolute atomic E-state index is 6.08. The highest BCUT2D eigenvalue weighted by atomic mass is 32.2. The van der Waals surface area contributed by atoms with Crippen LogP contribution in [0, 0.1) is 0 Å². The first-order chi connectivity index (χ1) is 7.27. The van der Waals surface area contributed by atoms with E-state index in [0.29, 0.717) is 0 Å². The average Bonchev–Trinajstić information content (AvgIpc) is 2.29. The van der Waals surface area contributed by atoms with Crippen LogP contribution in [0.25, 0.3) is 0 Å². The summed E-state index contributed by atoms with van der Waals surface area (Å²) in [7, 11) is 0. The van der Waals surface area contributed by atoms with Crippen LogP contribution >= 0.6 is 11.8 Å². The first-order valence-corrected chi connectivity index (χ1v) is 6.60. The number of thioether (sulfide) groups is 1. The number of hydrogen-bond donors (Lipinski definition) is 2. The van der Waals surface area contributed by atoms with Crippen molar-refractivity contribution in [1.82, 2.24) is 0 Å². The molecular formula is C12H20N2S. The van der Waals surface area contributed by atoms with Crippen molar-refractivity contribution < 1.29 is 0 Å². The SMILES string of the molecule is CSc1ccc([C@H](N)CCCCN)cc1. The van der Waals surface area contributed by atoms with Gasteiger partial charge in [-0.25, -0.2) is 0 Å². The van der Waals surface area contributed by atoms with Gasteiger partial charge in [-0.15, -0.1) is 11.8 Å². The van der Waals surface area contributed by atoms with Gasteiger partial charge in [-0.2, -0.15) is 0 Å². The van der Waals surface area contributed by atoms with E-state index in [1.54, 1.807) is 11.8 Å². The highest BCUT2D eigenvalue weighted by molar-refractivity contribution is 7.98. The Labute approximate surface area is 96.4 Å². The molecule has 0 heterocycles. The molecule has 0 aliphatic carbocycles. The smallest absolute Gasteiger partial charge is 0.0294 e. The predicted molar refractivity (Wildman–Crippen MR) is 68.1 cm³/mol. The minimum Gasteiger partial charge on any atom is -0.330 e. The quantitative estimate of drug-likeness (QED) is 0.577. The van der Waals surface area contributed by atoms with Gasteiger partial charge < -0.3 is 11.5 Å². The molecule has 0 aliphatic rings. The molecule has 0 fully saturated rings. The van der Waals surface area contributed by atoms with E-state index in [4.69, 9.17) is 11.5 Å². The van der Waals surface area contributed by atoms with Crippen LogP contribution in [-0.4, -0.2) is 12.8 Å². The Hall–Kier alpha value is -0.510. The van der Waals surface area contributed by atoms with Gasteiger partial charge in [0.05, 0.1) is 0 Å². The fourth-order valence-electron chi connectivity index (χ4n) is 1.53. The summed E-state index contributed by atoms with van der Waals surface area (Å²) >= 11 is 1.75. The number of benzene rings is 1. The second-order valence-corrected chi connectivity index (χ2v) is 4.54. The van der Waals surface area contributed by atoms with Gasteiger partial charge in [-0.3, -0.25) is 0 Å². The number of hydrogen-bond acceptors (Lipinski definition) is 3. The molecule has 2 nitrogen and oxygen atoms in total. The summed E-state index contributed by atoms with van der Waals surface area (Å²) in [5.74, 6) is 0. The largest absolute Gasteiger partial charge is 0.330 e. The Bertz CT molecular complexity index is 271. The van der Waals surface area contributed by atoms with Gasteiger partial charge in [0, 0.05) is 10.9 Å². The molecule has 1 atom stereocenters. The van der Waals surface area contributed by atoms with Crippen molar-refractivity contribution >= 4 is 11.8 Å². The molecule has 1 aromatic carbocycles. The first kappa shape index (κ1) is 12.6. The summed E-state index contributed by atoms with van der Waals surface area (Å²) in [5, 5.41) is 0. The lowest BCUT2D eigenvalue weighted by atomic mass is 10.0. The highest BCUT2D eigenvalue weighted by Gasteiger charge is 2.04. The molecule has 0 unspecified atom stereocenters. The van der Waals surface area contributed by atoms with Gasteiger partial charge >= 0.3 is 0 Å². The standard InChI is InChI=1S/C12H20N2S/c1-15-11-7-5-10(6-8-11)12(14)4-2-3-9-13/h5-8,12H,2-4,9,13-14H2,1H3/t12-/m1/s1. The fourth-order valence-corrected chi connectivity index (χ4v) is 1.93. The molecule has 0 saturated carbocycles. The van der Waals surface area contributed by atoms with E-state index in [1.807, 2.05) is 0 Å². The molecule has 3 heteroatoms. The van der Waals surface area contributed by atoms with Gasteiger partial charge in [0.2, 0.25) is 0 Å². The van der Waals surface area contributed by atoms with Gasteiger partial charge in [0.25, 0.3) is 0 Å². The zero-order chi connectivity index (χ0) is 11.1. The van der Waals surface area contributed by atoms with Crippen LogP contribution in [0.15, 0.2) is 29.2 Å². The number of rotatable bonds is 6. The molecule has 0 aliphatic heterocycles. The van der Waals surface area contributed by atoms with Crippen molar-refractivity contribution in [3.05, 3.63) is 29.8 Å². The van der Waals surface area contributed by atoms with E-state index in [2.05, 4.69) is 30.5 Å². The Balaban J connectivity index is 2.46. The Kier molecular flexibility index (Phi) is 5.76. The van der Waals surface area contributed by atoms with E-state index in [0.717, 1.165) is 25.8 Å². The van der Waals surface area contributed by atoms with Crippen molar-refractivity contribution in [2.45, 2.75) is 30.2 Å². The van der Waals surface area contributed by atoms with Gasteiger partial charge in [-0.05, 0) is 43.3 Å². The minimum atomic E-state index is 0.160. The lowest BCUT2D eigenvalue weighted by Crippen LogP contribution is -2.10. The first-order valence-electron chi connectivity index (χ1n) is 5.37. The minimum absolute atomic E-state index is 0.160. The van der Waals surface area contributed by atoms with Crippen LogP contribution < -0.4 is 11.5 Å². The molecule has 0 aromatic heterocycles. The average molecular weight is 224 g/mol. The van der Waals surface area contributed by atoms with Crippen LogP contribution in [0.2, 0.25) is 0 Å². The maximum Gasteiger partial charge on any atom is 0.0294 e. The maximum atomic E-state index is 6.08. The molecule has 0 amide bonds. The monoisotopic (exact) mass is 224 g/mol. The number of nitrogens with two attached hydrogens (primary N) is 2. The summed E-state index contributed by atoms with van der Waals surface area (Å²) in [6, 6.07) is 8.66. The van der Waals surface area contributed by atoms with Crippen LogP contribution in [-0.2, 0) is 0 Å². The predicted octanol–water partition coefficient (Wildman–Crippen LogP) is 2.54. The van der Waals surface area contributed by atoms with E-state index in [9.17, 15) is 0 Å². The topological polar surface area (TPSA) is 52.0 Å². The third kappa shape index (κ3) is 4.24. The second kappa shape index (κ2) is 6.88. The van der Waals surface area contributed by atoms with Crippen molar-refractivity contribution in [3.63, 3.8) is 0 Å². The summed E-state index contributed by atoms with van der Waals surface area (Å²) in [4.78, 5) is 1.29. The zero-order valence-electron chi connectivity index (χ0n) is 9.28. The summed E-state index contributed by atoms with van der Waals surface area (Å²) in [5.41, 5.74) is 12.8. The van der Waals surface area contributed by atoms with Crippen molar-refractivity contribution in [3.8, 4) is 0 Å². The zero-order valence-corrected chi connectivity index (χ0v) is 10.1. The molecule has 84 valence electrons. The second-order valence-electron chi connectivity index (χ2n) is 3.66. The third-order valence-electron chi connectivity index (χ3n) is 2.51. The third-order valence-corrected chi connectivity index (χ3v) is 3.26. The van der Waals surface area contributed by atoms with E-state index in [-0.39, 0.29) is 6.04 Å². The molecule has 1 aromatic rings. The van der Waals surface area contributed by atoms with E-state index in [1.165, 1.54) is 10.5 Å². The van der Waals surface area contributed by atoms with Crippen molar-refractivity contribution in [2.24, 2.45) is 11.5 Å². The van der Waals surface area contributed by atoms with Crippen molar-refractivity contribution in [1.29, 1.82) is 0 Å². The Morgan fingerprint density at radius 2 is 1.87 bits per heavy atom.